The first kappa shape index (κ1) is 18.3. The number of anilines is 1. The van der Waals surface area contributed by atoms with Gasteiger partial charge in [-0.25, -0.2) is 4.98 Å². The first-order valence-electron chi connectivity index (χ1n) is 9.86. The van der Waals surface area contributed by atoms with Crippen LogP contribution in [0.15, 0.2) is 60.8 Å². The highest BCUT2D eigenvalue weighted by Crippen LogP contribution is 2.24. The van der Waals surface area contributed by atoms with E-state index in [1.165, 1.54) is 5.69 Å². The van der Waals surface area contributed by atoms with E-state index in [-0.39, 0.29) is 0 Å². The molecule has 2 N–H and O–H groups in total. The molecule has 0 unspecified atom stereocenters. The molecule has 0 atom stereocenters. The number of benzene rings is 2. The monoisotopic (exact) mass is 371 g/mol. The van der Waals surface area contributed by atoms with Gasteiger partial charge < -0.3 is 15.2 Å². The molecule has 142 valence electrons. The number of H-pyrrole nitrogens is 1. The molecule has 2 aromatic carbocycles. The van der Waals surface area contributed by atoms with Crippen LogP contribution in [0.4, 0.5) is 5.69 Å². The van der Waals surface area contributed by atoms with Crippen LogP contribution in [0, 0.1) is 11.3 Å². The molecule has 0 bridgehead atoms. The molecule has 3 aromatic rings. The third kappa shape index (κ3) is 4.41. The van der Waals surface area contributed by atoms with Gasteiger partial charge in [0, 0.05) is 18.2 Å². The van der Waals surface area contributed by atoms with E-state index in [0.717, 1.165) is 56.0 Å². The van der Waals surface area contributed by atoms with Crippen LogP contribution >= 0.6 is 0 Å². The lowest BCUT2D eigenvalue weighted by Crippen LogP contribution is -2.43. The van der Waals surface area contributed by atoms with E-state index in [1.807, 2.05) is 30.5 Å². The molecule has 1 aliphatic rings. The van der Waals surface area contributed by atoms with Crippen molar-refractivity contribution >= 4 is 5.69 Å². The average molecular weight is 371 g/mol. The predicted molar refractivity (Wildman–Crippen MR) is 111 cm³/mol. The number of aromatic nitrogens is 2. The summed E-state index contributed by atoms with van der Waals surface area (Å²) in [6.45, 7) is 2.97. The van der Waals surface area contributed by atoms with Crippen LogP contribution in [-0.2, 0) is 13.0 Å². The molecule has 0 aliphatic carbocycles. The van der Waals surface area contributed by atoms with Crippen molar-refractivity contribution in [3.05, 3.63) is 83.4 Å². The van der Waals surface area contributed by atoms with Crippen LogP contribution in [0.3, 0.4) is 0 Å². The highest BCUT2D eigenvalue weighted by Gasteiger charge is 2.22. The van der Waals surface area contributed by atoms with Crippen molar-refractivity contribution in [1.82, 2.24) is 15.3 Å². The number of nitrogens with one attached hydrogen (secondary N) is 2. The molecule has 0 saturated carbocycles. The van der Waals surface area contributed by atoms with E-state index in [1.54, 1.807) is 0 Å². The Morgan fingerprint density at radius 1 is 1.04 bits per heavy atom. The van der Waals surface area contributed by atoms with Crippen molar-refractivity contribution in [3.63, 3.8) is 0 Å². The zero-order valence-electron chi connectivity index (χ0n) is 15.9. The molecule has 1 aliphatic heterocycles. The average Bonchev–Trinajstić information content (AvgIpc) is 3.21. The highest BCUT2D eigenvalue weighted by atomic mass is 15.2. The number of nitriles is 1. The van der Waals surface area contributed by atoms with Crippen molar-refractivity contribution in [1.29, 1.82) is 5.26 Å². The SMILES string of the molecule is N#Cc1ccc(Cc2ncc(CN(c3ccccc3)C3CCNCC3)[nH]2)cc1. The van der Waals surface area contributed by atoms with E-state index in [0.29, 0.717) is 11.6 Å². The van der Waals surface area contributed by atoms with Crippen LogP contribution in [-0.4, -0.2) is 29.1 Å². The molecule has 4 rings (SSSR count). The van der Waals surface area contributed by atoms with Gasteiger partial charge in [-0.2, -0.15) is 5.26 Å². The summed E-state index contributed by atoms with van der Waals surface area (Å²) in [5.41, 5.74) is 4.23. The molecule has 0 spiro atoms. The van der Waals surface area contributed by atoms with Crippen molar-refractivity contribution in [2.24, 2.45) is 0 Å². The van der Waals surface area contributed by atoms with Crippen molar-refractivity contribution < 1.29 is 0 Å². The minimum absolute atomic E-state index is 0.536. The Labute approximate surface area is 166 Å². The Bertz CT molecular complexity index is 918. The van der Waals surface area contributed by atoms with E-state index < -0.39 is 0 Å². The number of para-hydroxylation sites is 1. The summed E-state index contributed by atoms with van der Waals surface area (Å²) >= 11 is 0. The van der Waals surface area contributed by atoms with Crippen LogP contribution in [0.5, 0.6) is 0 Å². The fourth-order valence-corrected chi connectivity index (χ4v) is 3.82. The van der Waals surface area contributed by atoms with Crippen molar-refractivity contribution in [3.8, 4) is 6.07 Å². The molecular formula is C23H25N5. The quantitative estimate of drug-likeness (QED) is 0.694. The molecular weight excluding hydrogens is 346 g/mol. The van der Waals surface area contributed by atoms with Gasteiger partial charge in [0.1, 0.15) is 5.82 Å². The fraction of sp³-hybridized carbons (Fsp3) is 0.304. The second kappa shape index (κ2) is 8.73. The summed E-state index contributed by atoms with van der Waals surface area (Å²) in [7, 11) is 0. The molecule has 1 aromatic heterocycles. The van der Waals surface area contributed by atoms with E-state index >= 15 is 0 Å². The Hall–Kier alpha value is -3.10. The van der Waals surface area contributed by atoms with Gasteiger partial charge in [-0.05, 0) is 55.8 Å². The van der Waals surface area contributed by atoms with Gasteiger partial charge in [-0.3, -0.25) is 0 Å². The molecule has 28 heavy (non-hydrogen) atoms. The van der Waals surface area contributed by atoms with E-state index in [2.05, 4.69) is 56.6 Å². The van der Waals surface area contributed by atoms with Gasteiger partial charge in [0.15, 0.2) is 0 Å². The summed E-state index contributed by atoms with van der Waals surface area (Å²) < 4.78 is 0. The van der Waals surface area contributed by atoms with Crippen molar-refractivity contribution in [2.75, 3.05) is 18.0 Å². The fourth-order valence-electron chi connectivity index (χ4n) is 3.82. The normalized spacial score (nSPS) is 14.5. The van der Waals surface area contributed by atoms with Crippen LogP contribution < -0.4 is 10.2 Å². The lowest BCUT2D eigenvalue weighted by atomic mass is 10.0. The van der Waals surface area contributed by atoms with Gasteiger partial charge in [0.2, 0.25) is 0 Å². The molecule has 0 radical (unpaired) electrons. The molecule has 2 heterocycles. The van der Waals surface area contributed by atoms with E-state index in [9.17, 15) is 0 Å². The largest absolute Gasteiger partial charge is 0.363 e. The molecule has 0 amide bonds. The first-order valence-corrected chi connectivity index (χ1v) is 9.86. The topological polar surface area (TPSA) is 67.7 Å². The lowest BCUT2D eigenvalue weighted by Gasteiger charge is -2.36. The van der Waals surface area contributed by atoms with Gasteiger partial charge >= 0.3 is 0 Å². The minimum atomic E-state index is 0.536. The zero-order chi connectivity index (χ0) is 19.2. The number of imidazole rings is 1. The Morgan fingerprint density at radius 3 is 2.50 bits per heavy atom. The minimum Gasteiger partial charge on any atom is -0.363 e. The highest BCUT2D eigenvalue weighted by molar-refractivity contribution is 5.47. The molecule has 5 heteroatoms. The Morgan fingerprint density at radius 2 is 1.79 bits per heavy atom. The zero-order valence-corrected chi connectivity index (χ0v) is 15.9. The second-order valence-corrected chi connectivity index (χ2v) is 7.29. The number of hydrogen-bond acceptors (Lipinski definition) is 4. The number of rotatable bonds is 6. The molecule has 1 saturated heterocycles. The van der Waals surface area contributed by atoms with Crippen LogP contribution in [0.1, 0.15) is 35.5 Å². The van der Waals surface area contributed by atoms with Crippen LogP contribution in [0.2, 0.25) is 0 Å². The Balaban J connectivity index is 1.48. The maximum atomic E-state index is 8.93. The van der Waals surface area contributed by atoms with Gasteiger partial charge in [-0.1, -0.05) is 30.3 Å². The first-order chi connectivity index (χ1) is 13.8. The number of aromatic amines is 1. The third-order valence-corrected chi connectivity index (χ3v) is 5.31. The second-order valence-electron chi connectivity index (χ2n) is 7.29. The molecule has 5 nitrogen and oxygen atoms in total. The van der Waals surface area contributed by atoms with Crippen LogP contribution in [0.25, 0.3) is 0 Å². The summed E-state index contributed by atoms with van der Waals surface area (Å²) in [6, 6.07) is 21.0. The standard InChI is InChI=1S/C23H25N5/c24-15-19-8-6-18(7-9-19)14-23-26-16-20(27-23)17-28(21-4-2-1-3-5-21)22-10-12-25-13-11-22/h1-9,16,22,25H,10-14,17H2,(H,26,27). The Kier molecular flexibility index (Phi) is 5.69. The third-order valence-electron chi connectivity index (χ3n) is 5.31. The van der Waals surface area contributed by atoms with Crippen molar-refractivity contribution in [2.45, 2.75) is 31.8 Å². The number of hydrogen-bond donors (Lipinski definition) is 2. The summed E-state index contributed by atoms with van der Waals surface area (Å²) in [5.74, 6) is 0.957. The number of nitrogens with zero attached hydrogens (tertiary/aromatic N) is 3. The lowest BCUT2D eigenvalue weighted by molar-refractivity contribution is 0.427. The van der Waals surface area contributed by atoms with Gasteiger partial charge in [0.25, 0.3) is 0 Å². The van der Waals surface area contributed by atoms with Gasteiger partial charge in [-0.15, -0.1) is 0 Å². The maximum absolute atomic E-state index is 8.93. The van der Waals surface area contributed by atoms with Gasteiger partial charge in [0.05, 0.1) is 30.1 Å². The summed E-state index contributed by atoms with van der Waals surface area (Å²) in [6.07, 6.45) is 5.00. The summed E-state index contributed by atoms with van der Waals surface area (Å²) in [5, 5.41) is 12.4. The predicted octanol–water partition coefficient (Wildman–Crippen LogP) is 3.63. The molecule has 1 fully saturated rings. The van der Waals surface area contributed by atoms with E-state index in [4.69, 9.17) is 5.26 Å². The summed E-state index contributed by atoms with van der Waals surface area (Å²) in [4.78, 5) is 10.6. The smallest absolute Gasteiger partial charge is 0.110 e. The number of piperidine rings is 1. The maximum Gasteiger partial charge on any atom is 0.110 e.